The van der Waals surface area contributed by atoms with Gasteiger partial charge in [0, 0.05) is 13.0 Å². The fourth-order valence-corrected chi connectivity index (χ4v) is 1.01. The molecule has 0 amide bonds. The van der Waals surface area contributed by atoms with Gasteiger partial charge in [-0.05, 0) is 52.7 Å². The second kappa shape index (κ2) is 8.38. The van der Waals surface area contributed by atoms with Crippen molar-refractivity contribution >= 4 is 0 Å². The molecule has 1 atom stereocenters. The Hall–Kier alpha value is -0.780. The van der Waals surface area contributed by atoms with Gasteiger partial charge in [-0.15, -0.1) is 0 Å². The molecule has 0 aliphatic rings. The zero-order valence-electron chi connectivity index (χ0n) is 10.9. The number of hydrogen-bond acceptors (Lipinski definition) is 2. The van der Waals surface area contributed by atoms with Gasteiger partial charge < -0.3 is 9.84 Å². The summed E-state index contributed by atoms with van der Waals surface area (Å²) in [5.74, 6) is 5.93. The molecule has 0 fully saturated rings. The lowest BCUT2D eigenvalue weighted by atomic mass is 10.2. The van der Waals surface area contributed by atoms with E-state index >= 15 is 0 Å². The predicted molar refractivity (Wildman–Crippen MR) is 68.2 cm³/mol. The van der Waals surface area contributed by atoms with E-state index in [0.717, 1.165) is 25.9 Å². The van der Waals surface area contributed by atoms with E-state index < -0.39 is 6.10 Å². The zero-order chi connectivity index (χ0) is 12.4. The van der Waals surface area contributed by atoms with E-state index in [4.69, 9.17) is 9.84 Å². The molecule has 0 spiro atoms. The predicted octanol–water partition coefficient (Wildman–Crippen LogP) is 2.91. The molecule has 0 unspecified atom stereocenters. The van der Waals surface area contributed by atoms with Crippen LogP contribution in [-0.2, 0) is 4.74 Å². The molecule has 0 heterocycles. The Labute approximate surface area is 99.7 Å². The summed E-state index contributed by atoms with van der Waals surface area (Å²) >= 11 is 0. The van der Waals surface area contributed by atoms with Gasteiger partial charge in [0.2, 0.25) is 0 Å². The molecule has 0 saturated carbocycles. The Balaban J connectivity index is 3.40. The number of aliphatic hydroxyl groups excluding tert-OH is 1. The summed E-state index contributed by atoms with van der Waals surface area (Å²) in [6.07, 6.45) is 5.97. The standard InChI is InChI=1S/C14H24O2/c1-13(15)11-9-7-5-6-8-10-12-16-14(2,3)4/h9,11,13,15H,6,8,10,12H2,1-4H3/t13-/m0/s1. The largest absolute Gasteiger partial charge is 0.389 e. The monoisotopic (exact) mass is 224 g/mol. The van der Waals surface area contributed by atoms with E-state index in [0.29, 0.717) is 0 Å². The van der Waals surface area contributed by atoms with Crippen molar-refractivity contribution in [3.05, 3.63) is 12.2 Å². The Bertz CT molecular complexity index is 248. The SMILES string of the molecule is C[C@H](O)C=CC#CCCCCOC(C)(C)C. The van der Waals surface area contributed by atoms with Gasteiger partial charge in [0.25, 0.3) is 0 Å². The molecule has 0 aromatic heterocycles. The quantitative estimate of drug-likeness (QED) is 0.575. The van der Waals surface area contributed by atoms with Crippen LogP contribution in [0.5, 0.6) is 0 Å². The molecule has 0 bridgehead atoms. The molecule has 0 aliphatic heterocycles. The molecule has 16 heavy (non-hydrogen) atoms. The van der Waals surface area contributed by atoms with Gasteiger partial charge in [-0.2, -0.15) is 0 Å². The fraction of sp³-hybridized carbons (Fsp3) is 0.714. The third-order valence-electron chi connectivity index (χ3n) is 1.79. The van der Waals surface area contributed by atoms with E-state index in [1.807, 2.05) is 0 Å². The lowest BCUT2D eigenvalue weighted by Crippen LogP contribution is -2.19. The van der Waals surface area contributed by atoms with E-state index in [2.05, 4.69) is 32.6 Å². The minimum absolute atomic E-state index is 0.0360. The van der Waals surface area contributed by atoms with Gasteiger partial charge in [-0.1, -0.05) is 11.8 Å². The van der Waals surface area contributed by atoms with Crippen molar-refractivity contribution in [3.8, 4) is 11.8 Å². The topological polar surface area (TPSA) is 29.5 Å². The minimum Gasteiger partial charge on any atom is -0.389 e. The van der Waals surface area contributed by atoms with E-state index in [-0.39, 0.29) is 5.60 Å². The van der Waals surface area contributed by atoms with Crippen molar-refractivity contribution in [1.29, 1.82) is 0 Å². The van der Waals surface area contributed by atoms with Crippen LogP contribution in [0.4, 0.5) is 0 Å². The average molecular weight is 224 g/mol. The number of ether oxygens (including phenoxy) is 1. The normalized spacial score (nSPS) is 13.6. The summed E-state index contributed by atoms with van der Waals surface area (Å²) in [4.78, 5) is 0. The van der Waals surface area contributed by atoms with Crippen molar-refractivity contribution in [2.24, 2.45) is 0 Å². The average Bonchev–Trinajstić information content (AvgIpc) is 2.13. The van der Waals surface area contributed by atoms with Crippen LogP contribution in [0.1, 0.15) is 47.0 Å². The van der Waals surface area contributed by atoms with Crippen LogP contribution in [0.15, 0.2) is 12.2 Å². The van der Waals surface area contributed by atoms with E-state index in [1.54, 1.807) is 19.1 Å². The van der Waals surface area contributed by atoms with Gasteiger partial charge in [0.1, 0.15) is 0 Å². The summed E-state index contributed by atoms with van der Waals surface area (Å²) < 4.78 is 5.59. The van der Waals surface area contributed by atoms with Crippen molar-refractivity contribution in [3.63, 3.8) is 0 Å². The fourth-order valence-electron chi connectivity index (χ4n) is 1.01. The highest BCUT2D eigenvalue weighted by atomic mass is 16.5. The molecule has 0 rings (SSSR count). The zero-order valence-corrected chi connectivity index (χ0v) is 10.9. The Morgan fingerprint density at radius 2 is 2.00 bits per heavy atom. The van der Waals surface area contributed by atoms with Gasteiger partial charge in [-0.3, -0.25) is 0 Å². The minimum atomic E-state index is -0.408. The van der Waals surface area contributed by atoms with Crippen molar-refractivity contribution in [2.45, 2.75) is 58.7 Å². The molecule has 92 valence electrons. The number of unbranched alkanes of at least 4 members (excludes halogenated alkanes) is 2. The molecule has 2 heteroatoms. The Morgan fingerprint density at radius 3 is 2.56 bits per heavy atom. The maximum atomic E-state index is 8.93. The van der Waals surface area contributed by atoms with Gasteiger partial charge >= 0.3 is 0 Å². The van der Waals surface area contributed by atoms with Gasteiger partial charge in [0.15, 0.2) is 0 Å². The smallest absolute Gasteiger partial charge is 0.0701 e. The summed E-state index contributed by atoms with van der Waals surface area (Å²) in [6.45, 7) is 8.70. The van der Waals surface area contributed by atoms with Crippen LogP contribution in [0.2, 0.25) is 0 Å². The molecule has 0 aromatic rings. The van der Waals surface area contributed by atoms with Gasteiger partial charge in [-0.25, -0.2) is 0 Å². The maximum absolute atomic E-state index is 8.93. The Kier molecular flexibility index (Phi) is 7.97. The number of allylic oxidation sites excluding steroid dienone is 1. The maximum Gasteiger partial charge on any atom is 0.0701 e. The summed E-state index contributed by atoms with van der Waals surface area (Å²) in [6, 6.07) is 0. The first-order valence-corrected chi connectivity index (χ1v) is 5.89. The second-order valence-corrected chi connectivity index (χ2v) is 4.84. The number of rotatable bonds is 5. The van der Waals surface area contributed by atoms with Crippen LogP contribution in [0.25, 0.3) is 0 Å². The highest BCUT2D eigenvalue weighted by Gasteiger charge is 2.08. The molecular weight excluding hydrogens is 200 g/mol. The summed E-state index contributed by atoms with van der Waals surface area (Å²) in [5.41, 5.74) is -0.0360. The number of hydrogen-bond donors (Lipinski definition) is 1. The lowest BCUT2D eigenvalue weighted by molar-refractivity contribution is -0.00443. The summed E-state index contributed by atoms with van der Waals surface area (Å²) in [5, 5.41) is 8.93. The second-order valence-electron chi connectivity index (χ2n) is 4.84. The van der Waals surface area contributed by atoms with Crippen molar-refractivity contribution in [1.82, 2.24) is 0 Å². The molecule has 0 radical (unpaired) electrons. The van der Waals surface area contributed by atoms with Crippen LogP contribution in [0, 0.1) is 11.8 Å². The molecule has 1 N–H and O–H groups in total. The number of aliphatic hydroxyl groups is 1. The van der Waals surface area contributed by atoms with Crippen LogP contribution < -0.4 is 0 Å². The third kappa shape index (κ3) is 13.2. The van der Waals surface area contributed by atoms with Crippen LogP contribution in [-0.4, -0.2) is 23.4 Å². The first-order valence-electron chi connectivity index (χ1n) is 5.89. The lowest BCUT2D eigenvalue weighted by Gasteiger charge is -2.19. The summed E-state index contributed by atoms with van der Waals surface area (Å²) in [7, 11) is 0. The van der Waals surface area contributed by atoms with Crippen LogP contribution >= 0.6 is 0 Å². The third-order valence-corrected chi connectivity index (χ3v) is 1.79. The molecule has 2 nitrogen and oxygen atoms in total. The molecular formula is C14H24O2. The molecule has 0 aliphatic carbocycles. The molecule has 0 aromatic carbocycles. The highest BCUT2D eigenvalue weighted by molar-refractivity contribution is 5.15. The Morgan fingerprint density at radius 1 is 1.31 bits per heavy atom. The van der Waals surface area contributed by atoms with E-state index in [1.165, 1.54) is 0 Å². The van der Waals surface area contributed by atoms with E-state index in [9.17, 15) is 0 Å². The van der Waals surface area contributed by atoms with Crippen molar-refractivity contribution in [2.75, 3.05) is 6.61 Å². The first kappa shape index (κ1) is 15.2. The first-order chi connectivity index (χ1) is 7.42. The van der Waals surface area contributed by atoms with Crippen molar-refractivity contribution < 1.29 is 9.84 Å². The van der Waals surface area contributed by atoms with Gasteiger partial charge in [0.05, 0.1) is 11.7 Å². The molecule has 0 saturated heterocycles. The van der Waals surface area contributed by atoms with Crippen LogP contribution in [0.3, 0.4) is 0 Å². The highest BCUT2D eigenvalue weighted by Crippen LogP contribution is 2.07.